The van der Waals surface area contributed by atoms with Crippen LogP contribution in [0.15, 0.2) is 0 Å². The Kier molecular flexibility index (Phi) is 4.34. The monoisotopic (exact) mass is 244 g/mol. The summed E-state index contributed by atoms with van der Waals surface area (Å²) in [6.45, 7) is 6.51. The van der Waals surface area contributed by atoms with Crippen molar-refractivity contribution in [2.45, 2.75) is 38.9 Å². The smallest absolute Gasteiger partial charge is 0.407 e. The molecule has 0 saturated carbocycles. The molecule has 17 heavy (non-hydrogen) atoms. The van der Waals surface area contributed by atoms with Gasteiger partial charge in [-0.1, -0.05) is 0 Å². The maximum Gasteiger partial charge on any atom is 0.407 e. The quantitative estimate of drug-likeness (QED) is 0.721. The average Bonchev–Trinajstić information content (AvgIpc) is 2.29. The Hall–Kier alpha value is -1.30. The minimum Gasteiger partial charge on any atom is -0.468 e. The zero-order valence-corrected chi connectivity index (χ0v) is 10.7. The van der Waals surface area contributed by atoms with Gasteiger partial charge >= 0.3 is 12.1 Å². The Balaban J connectivity index is 2.73. The van der Waals surface area contributed by atoms with Crippen LogP contribution in [0.2, 0.25) is 0 Å². The van der Waals surface area contributed by atoms with Crippen LogP contribution in [-0.2, 0) is 9.53 Å². The van der Waals surface area contributed by atoms with Crippen molar-refractivity contribution in [3.05, 3.63) is 0 Å². The SMILES string of the molecule is COC(=O)C(C)N1C[C@H](C)N(C(=O)O)C[C@H]1C. The van der Waals surface area contributed by atoms with Gasteiger partial charge < -0.3 is 14.7 Å². The standard InChI is InChI=1S/C11H20N2O4/c1-7-6-13(11(15)16)8(2)5-12(7)9(3)10(14)17-4/h7-9H,5-6H2,1-4H3,(H,15,16)/t7-,8+,9?/m1/s1. The van der Waals surface area contributed by atoms with Gasteiger partial charge in [-0.2, -0.15) is 0 Å². The number of nitrogens with zero attached hydrogens (tertiary/aromatic N) is 2. The molecule has 6 heteroatoms. The van der Waals surface area contributed by atoms with Gasteiger partial charge in [-0.3, -0.25) is 9.69 Å². The second kappa shape index (κ2) is 5.35. The molecule has 0 aromatic carbocycles. The molecule has 1 amide bonds. The fraction of sp³-hybridized carbons (Fsp3) is 0.818. The zero-order valence-electron chi connectivity index (χ0n) is 10.7. The maximum absolute atomic E-state index is 11.5. The van der Waals surface area contributed by atoms with Gasteiger partial charge in [0.15, 0.2) is 0 Å². The number of hydrogen-bond donors (Lipinski definition) is 1. The number of hydrogen-bond acceptors (Lipinski definition) is 4. The first-order valence-corrected chi connectivity index (χ1v) is 5.71. The van der Waals surface area contributed by atoms with E-state index in [2.05, 4.69) is 0 Å². The molecule has 0 radical (unpaired) electrons. The predicted molar refractivity (Wildman–Crippen MR) is 61.8 cm³/mol. The predicted octanol–water partition coefficient (Wildman–Crippen LogP) is 0.621. The molecule has 6 nitrogen and oxygen atoms in total. The van der Waals surface area contributed by atoms with E-state index >= 15 is 0 Å². The summed E-state index contributed by atoms with van der Waals surface area (Å²) in [5, 5.41) is 9.02. The van der Waals surface area contributed by atoms with Gasteiger partial charge in [0.05, 0.1) is 7.11 Å². The van der Waals surface area contributed by atoms with E-state index in [1.807, 2.05) is 18.7 Å². The van der Waals surface area contributed by atoms with Crippen molar-refractivity contribution in [1.29, 1.82) is 0 Å². The van der Waals surface area contributed by atoms with E-state index in [4.69, 9.17) is 9.84 Å². The summed E-state index contributed by atoms with van der Waals surface area (Å²) in [4.78, 5) is 25.9. The first kappa shape index (κ1) is 13.8. The molecule has 1 N–H and O–H groups in total. The first-order chi connectivity index (χ1) is 7.88. The van der Waals surface area contributed by atoms with Crippen LogP contribution in [0, 0.1) is 0 Å². The average molecular weight is 244 g/mol. The molecule has 1 fully saturated rings. The number of carboxylic acid groups (broad SMARTS) is 1. The van der Waals surface area contributed by atoms with E-state index in [-0.39, 0.29) is 24.1 Å². The second-order valence-corrected chi connectivity index (χ2v) is 4.53. The molecular formula is C11H20N2O4. The van der Waals surface area contributed by atoms with Crippen molar-refractivity contribution in [3.8, 4) is 0 Å². The molecular weight excluding hydrogens is 224 g/mol. The highest BCUT2D eigenvalue weighted by Crippen LogP contribution is 2.18. The lowest BCUT2D eigenvalue weighted by molar-refractivity contribution is -0.148. The third kappa shape index (κ3) is 2.88. The molecule has 0 bridgehead atoms. The van der Waals surface area contributed by atoms with Crippen LogP contribution in [0.5, 0.6) is 0 Å². The fourth-order valence-corrected chi connectivity index (χ4v) is 2.27. The van der Waals surface area contributed by atoms with Gasteiger partial charge in [0, 0.05) is 25.2 Å². The van der Waals surface area contributed by atoms with E-state index in [0.717, 1.165) is 0 Å². The number of ether oxygens (including phenoxy) is 1. The van der Waals surface area contributed by atoms with Gasteiger partial charge in [-0.25, -0.2) is 4.79 Å². The Labute approximate surface area is 101 Å². The van der Waals surface area contributed by atoms with Crippen LogP contribution in [0.1, 0.15) is 20.8 Å². The Morgan fingerprint density at radius 1 is 1.29 bits per heavy atom. The Morgan fingerprint density at radius 3 is 2.35 bits per heavy atom. The van der Waals surface area contributed by atoms with Crippen molar-refractivity contribution >= 4 is 12.1 Å². The molecule has 1 unspecified atom stereocenters. The van der Waals surface area contributed by atoms with Crippen LogP contribution in [0.25, 0.3) is 0 Å². The van der Waals surface area contributed by atoms with Gasteiger partial charge in [0.1, 0.15) is 6.04 Å². The Morgan fingerprint density at radius 2 is 1.88 bits per heavy atom. The number of amides is 1. The summed E-state index contributed by atoms with van der Waals surface area (Å²) >= 11 is 0. The summed E-state index contributed by atoms with van der Waals surface area (Å²) in [6, 6.07) is -0.444. The molecule has 0 aromatic heterocycles. The van der Waals surface area contributed by atoms with Gasteiger partial charge in [-0.05, 0) is 20.8 Å². The maximum atomic E-state index is 11.5. The van der Waals surface area contributed by atoms with E-state index in [1.54, 1.807) is 6.92 Å². The molecule has 0 aromatic rings. The number of esters is 1. The Bertz CT molecular complexity index is 308. The lowest BCUT2D eigenvalue weighted by atomic mass is 10.1. The normalized spacial score (nSPS) is 27.6. The minimum absolute atomic E-state index is 0.0106. The molecule has 0 spiro atoms. The molecule has 1 aliphatic heterocycles. The largest absolute Gasteiger partial charge is 0.468 e. The molecule has 0 aliphatic carbocycles. The van der Waals surface area contributed by atoms with E-state index in [0.29, 0.717) is 13.1 Å². The van der Waals surface area contributed by atoms with E-state index < -0.39 is 6.09 Å². The van der Waals surface area contributed by atoms with Gasteiger partial charge in [-0.15, -0.1) is 0 Å². The van der Waals surface area contributed by atoms with Crippen LogP contribution in [-0.4, -0.2) is 65.3 Å². The van der Waals surface area contributed by atoms with Crippen LogP contribution in [0.3, 0.4) is 0 Å². The van der Waals surface area contributed by atoms with Gasteiger partial charge in [0.2, 0.25) is 0 Å². The second-order valence-electron chi connectivity index (χ2n) is 4.53. The molecule has 1 rings (SSSR count). The number of piperazine rings is 1. The zero-order chi connectivity index (χ0) is 13.2. The van der Waals surface area contributed by atoms with Crippen molar-refractivity contribution in [2.24, 2.45) is 0 Å². The summed E-state index contributed by atoms with van der Waals surface area (Å²) in [5.74, 6) is -0.284. The van der Waals surface area contributed by atoms with Gasteiger partial charge in [0.25, 0.3) is 0 Å². The topological polar surface area (TPSA) is 70.1 Å². The highest BCUT2D eigenvalue weighted by Gasteiger charge is 2.36. The minimum atomic E-state index is -0.908. The number of carbonyl (C=O) groups is 2. The first-order valence-electron chi connectivity index (χ1n) is 5.71. The third-order valence-electron chi connectivity index (χ3n) is 3.32. The van der Waals surface area contributed by atoms with E-state index in [9.17, 15) is 9.59 Å². The molecule has 1 heterocycles. The lowest BCUT2D eigenvalue weighted by Gasteiger charge is -2.44. The number of carbonyl (C=O) groups excluding carboxylic acids is 1. The summed E-state index contributed by atoms with van der Waals surface area (Å²) in [7, 11) is 1.36. The fourth-order valence-electron chi connectivity index (χ4n) is 2.27. The van der Waals surface area contributed by atoms with Crippen LogP contribution >= 0.6 is 0 Å². The molecule has 1 saturated heterocycles. The summed E-state index contributed by atoms with van der Waals surface area (Å²) in [5.41, 5.74) is 0. The number of methoxy groups -OCH3 is 1. The highest BCUT2D eigenvalue weighted by molar-refractivity contribution is 5.75. The van der Waals surface area contributed by atoms with Crippen LogP contribution in [0.4, 0.5) is 4.79 Å². The van der Waals surface area contributed by atoms with Crippen molar-refractivity contribution in [3.63, 3.8) is 0 Å². The van der Waals surface area contributed by atoms with E-state index in [1.165, 1.54) is 12.0 Å². The number of rotatable bonds is 2. The molecule has 1 aliphatic rings. The lowest BCUT2D eigenvalue weighted by Crippen LogP contribution is -2.61. The van der Waals surface area contributed by atoms with Crippen molar-refractivity contribution in [2.75, 3.05) is 20.2 Å². The summed E-state index contributed by atoms with van der Waals surface area (Å²) in [6.07, 6.45) is -0.908. The molecule has 3 atom stereocenters. The highest BCUT2D eigenvalue weighted by atomic mass is 16.5. The van der Waals surface area contributed by atoms with Crippen molar-refractivity contribution in [1.82, 2.24) is 9.80 Å². The summed E-state index contributed by atoms with van der Waals surface area (Å²) < 4.78 is 4.71. The third-order valence-corrected chi connectivity index (χ3v) is 3.32. The molecule has 98 valence electrons. The van der Waals surface area contributed by atoms with Crippen LogP contribution < -0.4 is 0 Å². The van der Waals surface area contributed by atoms with Crippen molar-refractivity contribution < 1.29 is 19.4 Å².